The molecule has 19 heavy (non-hydrogen) atoms. The first kappa shape index (κ1) is 14.0. The predicted molar refractivity (Wildman–Crippen MR) is 72.1 cm³/mol. The van der Waals surface area contributed by atoms with E-state index in [4.69, 9.17) is 4.74 Å². The molecule has 0 bridgehead atoms. The molecule has 1 aliphatic carbocycles. The van der Waals surface area contributed by atoms with E-state index in [0.29, 0.717) is 17.7 Å². The molecule has 0 aromatic carbocycles. The van der Waals surface area contributed by atoms with Gasteiger partial charge >= 0.3 is 5.97 Å². The largest absolute Gasteiger partial charge is 0.467 e. The maximum atomic E-state index is 12.2. The zero-order chi connectivity index (χ0) is 13.9. The number of thiazole rings is 1. The van der Waals surface area contributed by atoms with Crippen LogP contribution < -0.4 is 5.32 Å². The van der Waals surface area contributed by atoms with Gasteiger partial charge in [-0.05, 0) is 19.8 Å². The smallest absolute Gasteiger partial charge is 0.331 e. The second kappa shape index (κ2) is 5.69. The Morgan fingerprint density at radius 2 is 2.05 bits per heavy atom. The number of carbonyl (C=O) groups is 2. The number of esters is 1. The molecule has 1 saturated carbocycles. The van der Waals surface area contributed by atoms with Crippen molar-refractivity contribution in [3.63, 3.8) is 0 Å². The average Bonchev–Trinajstić information content (AvgIpc) is 2.85. The van der Waals surface area contributed by atoms with Gasteiger partial charge in [0.15, 0.2) is 0 Å². The van der Waals surface area contributed by atoms with Gasteiger partial charge in [-0.1, -0.05) is 19.3 Å². The Bertz CT molecular complexity index is 478. The number of ether oxygens (including phenoxy) is 1. The Labute approximate surface area is 116 Å². The van der Waals surface area contributed by atoms with Crippen molar-refractivity contribution in [3.8, 4) is 0 Å². The van der Waals surface area contributed by atoms with Crippen LogP contribution in [0.4, 0.5) is 0 Å². The van der Waals surface area contributed by atoms with Gasteiger partial charge in [0.05, 0.1) is 18.3 Å². The lowest BCUT2D eigenvalue weighted by molar-refractivity contribution is -0.149. The molecule has 1 heterocycles. The van der Waals surface area contributed by atoms with E-state index in [-0.39, 0.29) is 11.9 Å². The first-order valence-electron chi connectivity index (χ1n) is 6.41. The molecule has 1 amide bonds. The Kier molecular flexibility index (Phi) is 4.19. The van der Waals surface area contributed by atoms with Gasteiger partial charge in [-0.15, -0.1) is 11.3 Å². The summed E-state index contributed by atoms with van der Waals surface area (Å²) in [5.74, 6) is -0.584. The quantitative estimate of drug-likeness (QED) is 0.862. The third-order valence-electron chi connectivity index (χ3n) is 3.48. The number of aromatic nitrogens is 1. The summed E-state index contributed by atoms with van der Waals surface area (Å²) in [5, 5.41) is 3.70. The van der Waals surface area contributed by atoms with E-state index in [2.05, 4.69) is 10.3 Å². The minimum absolute atomic E-state index is 0.238. The first-order chi connectivity index (χ1) is 9.07. The number of rotatable bonds is 3. The molecule has 0 saturated heterocycles. The summed E-state index contributed by atoms with van der Waals surface area (Å²) in [5.41, 5.74) is -0.859. The fourth-order valence-electron chi connectivity index (χ4n) is 2.48. The highest BCUT2D eigenvalue weighted by atomic mass is 32.1. The maximum Gasteiger partial charge on any atom is 0.331 e. The summed E-state index contributed by atoms with van der Waals surface area (Å²) in [6.07, 6.45) is 5.78. The molecule has 104 valence electrons. The third kappa shape index (κ3) is 2.94. The second-order valence-electron chi connectivity index (χ2n) is 4.83. The summed E-state index contributed by atoms with van der Waals surface area (Å²) < 4.78 is 4.87. The molecule has 1 fully saturated rings. The summed E-state index contributed by atoms with van der Waals surface area (Å²) in [6.45, 7) is 1.85. The molecule has 1 aromatic heterocycles. The third-order valence-corrected chi connectivity index (χ3v) is 4.39. The SMILES string of the molecule is COC(=O)C1(NC(=O)c2cnc(C)s2)CCCCC1. The molecule has 0 aliphatic heterocycles. The fraction of sp³-hybridized carbons (Fsp3) is 0.615. The molecule has 0 unspecified atom stereocenters. The van der Waals surface area contributed by atoms with Crippen LogP contribution in [0.5, 0.6) is 0 Å². The highest BCUT2D eigenvalue weighted by Gasteiger charge is 2.42. The fourth-order valence-corrected chi connectivity index (χ4v) is 3.15. The molecular weight excluding hydrogens is 264 g/mol. The number of methoxy groups -OCH3 is 1. The zero-order valence-corrected chi connectivity index (χ0v) is 12.0. The van der Waals surface area contributed by atoms with Crippen LogP contribution in [0.3, 0.4) is 0 Å². The summed E-state index contributed by atoms with van der Waals surface area (Å²) >= 11 is 1.33. The lowest BCUT2D eigenvalue weighted by Gasteiger charge is -2.34. The Hall–Kier alpha value is -1.43. The second-order valence-corrected chi connectivity index (χ2v) is 6.07. The van der Waals surface area contributed by atoms with Gasteiger partial charge in [0.25, 0.3) is 5.91 Å². The molecule has 1 aromatic rings. The lowest BCUT2D eigenvalue weighted by Crippen LogP contribution is -2.56. The molecule has 5 nitrogen and oxygen atoms in total. The topological polar surface area (TPSA) is 68.3 Å². The number of nitrogens with zero attached hydrogens (tertiary/aromatic N) is 1. The van der Waals surface area contributed by atoms with Crippen LogP contribution in [0, 0.1) is 6.92 Å². The summed E-state index contributed by atoms with van der Waals surface area (Å²) in [4.78, 5) is 28.8. The van der Waals surface area contributed by atoms with Gasteiger partial charge in [0, 0.05) is 0 Å². The van der Waals surface area contributed by atoms with Crippen LogP contribution in [0.25, 0.3) is 0 Å². The Morgan fingerprint density at radius 1 is 1.37 bits per heavy atom. The molecule has 0 spiro atoms. The lowest BCUT2D eigenvalue weighted by atomic mass is 9.81. The average molecular weight is 282 g/mol. The van der Waals surface area contributed by atoms with Gasteiger partial charge in [-0.2, -0.15) is 0 Å². The van der Waals surface area contributed by atoms with Crippen molar-refractivity contribution in [3.05, 3.63) is 16.1 Å². The Balaban J connectivity index is 2.16. The van der Waals surface area contributed by atoms with E-state index >= 15 is 0 Å². The van der Waals surface area contributed by atoms with E-state index in [9.17, 15) is 9.59 Å². The van der Waals surface area contributed by atoms with Crippen LogP contribution >= 0.6 is 11.3 Å². The van der Waals surface area contributed by atoms with Gasteiger partial charge < -0.3 is 10.1 Å². The normalized spacial score (nSPS) is 17.8. The van der Waals surface area contributed by atoms with Crippen molar-refractivity contribution in [1.82, 2.24) is 10.3 Å². The minimum atomic E-state index is -0.859. The van der Waals surface area contributed by atoms with Crippen molar-refractivity contribution < 1.29 is 14.3 Å². The Morgan fingerprint density at radius 3 is 2.58 bits per heavy atom. The minimum Gasteiger partial charge on any atom is -0.467 e. The molecule has 0 atom stereocenters. The van der Waals surface area contributed by atoms with Crippen molar-refractivity contribution in [2.45, 2.75) is 44.6 Å². The highest BCUT2D eigenvalue weighted by molar-refractivity contribution is 7.13. The van der Waals surface area contributed by atoms with Crippen molar-refractivity contribution in [1.29, 1.82) is 0 Å². The van der Waals surface area contributed by atoms with Gasteiger partial charge in [0.2, 0.25) is 0 Å². The van der Waals surface area contributed by atoms with E-state index < -0.39 is 5.54 Å². The highest BCUT2D eigenvalue weighted by Crippen LogP contribution is 2.30. The van der Waals surface area contributed by atoms with Crippen molar-refractivity contribution >= 4 is 23.2 Å². The molecule has 0 radical (unpaired) electrons. The van der Waals surface area contributed by atoms with Crippen molar-refractivity contribution in [2.24, 2.45) is 0 Å². The van der Waals surface area contributed by atoms with Gasteiger partial charge in [0.1, 0.15) is 10.4 Å². The standard InChI is InChI=1S/C13H18N2O3S/c1-9-14-8-10(19-9)11(16)15-13(12(17)18-2)6-4-3-5-7-13/h8H,3-7H2,1-2H3,(H,15,16). The van der Waals surface area contributed by atoms with E-state index in [1.54, 1.807) is 6.20 Å². The van der Waals surface area contributed by atoms with E-state index in [1.807, 2.05) is 6.92 Å². The summed E-state index contributed by atoms with van der Waals surface area (Å²) in [7, 11) is 1.36. The van der Waals surface area contributed by atoms with E-state index in [1.165, 1.54) is 18.4 Å². The number of aryl methyl sites for hydroxylation is 1. The van der Waals surface area contributed by atoms with Crippen LogP contribution in [-0.2, 0) is 9.53 Å². The molecule has 2 rings (SSSR count). The number of carbonyl (C=O) groups excluding carboxylic acids is 2. The molecule has 1 N–H and O–H groups in total. The number of nitrogens with one attached hydrogen (secondary N) is 1. The molecule has 6 heteroatoms. The first-order valence-corrected chi connectivity index (χ1v) is 7.22. The summed E-state index contributed by atoms with van der Waals surface area (Å²) in [6, 6.07) is 0. The van der Waals surface area contributed by atoms with Crippen LogP contribution in [0.2, 0.25) is 0 Å². The van der Waals surface area contributed by atoms with Crippen LogP contribution in [0.1, 0.15) is 46.8 Å². The van der Waals surface area contributed by atoms with E-state index in [0.717, 1.165) is 24.3 Å². The van der Waals surface area contributed by atoms with Crippen molar-refractivity contribution in [2.75, 3.05) is 7.11 Å². The van der Waals surface area contributed by atoms with Gasteiger partial charge in [-0.3, -0.25) is 4.79 Å². The maximum absolute atomic E-state index is 12.2. The number of hydrogen-bond acceptors (Lipinski definition) is 5. The predicted octanol–water partition coefficient (Wildman–Crippen LogP) is 2.06. The monoisotopic (exact) mass is 282 g/mol. The number of hydrogen-bond donors (Lipinski definition) is 1. The number of amides is 1. The van der Waals surface area contributed by atoms with Gasteiger partial charge in [-0.25, -0.2) is 9.78 Å². The molecular formula is C13H18N2O3S. The zero-order valence-electron chi connectivity index (χ0n) is 11.2. The van der Waals surface area contributed by atoms with Crippen LogP contribution in [0.15, 0.2) is 6.20 Å². The molecule has 1 aliphatic rings. The van der Waals surface area contributed by atoms with Crippen LogP contribution in [-0.4, -0.2) is 29.5 Å².